The first-order valence-corrected chi connectivity index (χ1v) is 6.22. The summed E-state index contributed by atoms with van der Waals surface area (Å²) in [5.74, 6) is 0.828. The largest absolute Gasteiger partial charge is 0.446 e. The average Bonchev–Trinajstić information content (AvgIpc) is 2.73. The summed E-state index contributed by atoms with van der Waals surface area (Å²) in [5.41, 5.74) is 0. The monoisotopic (exact) mass is 264 g/mol. The molecule has 18 heavy (non-hydrogen) atoms. The lowest BCUT2D eigenvalue weighted by atomic mass is 10.2. The SMILES string of the molecule is CCCNCCCc1ncc(CCC(F)(F)F)o1. The molecule has 0 bridgehead atoms. The third-order valence-electron chi connectivity index (χ3n) is 2.43. The van der Waals surface area contributed by atoms with Crippen molar-refractivity contribution in [3.8, 4) is 0 Å². The molecule has 3 nitrogen and oxygen atoms in total. The predicted molar refractivity (Wildman–Crippen MR) is 62.4 cm³/mol. The van der Waals surface area contributed by atoms with Gasteiger partial charge in [0.1, 0.15) is 5.76 Å². The Hall–Kier alpha value is -1.04. The van der Waals surface area contributed by atoms with E-state index in [1.165, 1.54) is 6.20 Å². The van der Waals surface area contributed by atoms with Crippen molar-refractivity contribution in [2.75, 3.05) is 13.1 Å². The molecule has 6 heteroatoms. The molecule has 0 aliphatic heterocycles. The maximum Gasteiger partial charge on any atom is 0.389 e. The van der Waals surface area contributed by atoms with Crippen molar-refractivity contribution in [1.29, 1.82) is 0 Å². The molecule has 0 aliphatic rings. The van der Waals surface area contributed by atoms with Crippen molar-refractivity contribution < 1.29 is 17.6 Å². The summed E-state index contributed by atoms with van der Waals surface area (Å²) >= 11 is 0. The molecule has 1 heterocycles. The van der Waals surface area contributed by atoms with E-state index in [0.717, 1.165) is 25.9 Å². The zero-order valence-electron chi connectivity index (χ0n) is 10.5. The third-order valence-corrected chi connectivity index (χ3v) is 2.43. The number of halogens is 3. The number of aromatic nitrogens is 1. The van der Waals surface area contributed by atoms with E-state index in [4.69, 9.17) is 4.42 Å². The molecular formula is C12H19F3N2O. The minimum atomic E-state index is -4.14. The summed E-state index contributed by atoms with van der Waals surface area (Å²) in [5, 5.41) is 3.24. The lowest BCUT2D eigenvalue weighted by molar-refractivity contribution is -0.134. The van der Waals surface area contributed by atoms with Crippen LogP contribution in [0.1, 0.15) is 37.8 Å². The molecule has 0 amide bonds. The molecule has 0 atom stereocenters. The molecule has 0 fully saturated rings. The van der Waals surface area contributed by atoms with E-state index in [2.05, 4.69) is 17.2 Å². The van der Waals surface area contributed by atoms with Gasteiger partial charge >= 0.3 is 6.18 Å². The number of alkyl halides is 3. The van der Waals surface area contributed by atoms with Gasteiger partial charge in [0.15, 0.2) is 5.89 Å². The van der Waals surface area contributed by atoms with Crippen LogP contribution in [0.3, 0.4) is 0 Å². The molecule has 0 spiro atoms. The van der Waals surface area contributed by atoms with Crippen LogP contribution in [-0.4, -0.2) is 24.2 Å². The van der Waals surface area contributed by atoms with Crippen LogP contribution in [0.15, 0.2) is 10.6 Å². The highest BCUT2D eigenvalue weighted by Gasteiger charge is 2.27. The van der Waals surface area contributed by atoms with Gasteiger partial charge in [-0.05, 0) is 25.9 Å². The standard InChI is InChI=1S/C12H19F3N2O/c1-2-7-16-8-3-4-11-17-9-10(18-11)5-6-12(13,14)15/h9,16H,2-8H2,1H3. The van der Waals surface area contributed by atoms with Crippen molar-refractivity contribution in [2.45, 2.75) is 45.2 Å². The minimum Gasteiger partial charge on any atom is -0.446 e. The molecule has 104 valence electrons. The number of oxazole rings is 1. The molecule has 1 rings (SSSR count). The first-order valence-electron chi connectivity index (χ1n) is 6.22. The molecule has 0 aliphatic carbocycles. The Labute approximate surface area is 105 Å². The van der Waals surface area contributed by atoms with Gasteiger partial charge in [-0.2, -0.15) is 13.2 Å². The van der Waals surface area contributed by atoms with Crippen molar-refractivity contribution >= 4 is 0 Å². The number of hydrogen-bond acceptors (Lipinski definition) is 3. The summed E-state index contributed by atoms with van der Waals surface area (Å²) in [7, 11) is 0. The number of aryl methyl sites for hydroxylation is 2. The van der Waals surface area contributed by atoms with Crippen LogP contribution in [0, 0.1) is 0 Å². The fourth-order valence-electron chi connectivity index (χ4n) is 1.51. The maximum atomic E-state index is 12.0. The summed E-state index contributed by atoms with van der Waals surface area (Å²) < 4.78 is 41.2. The molecule has 1 aromatic rings. The fraction of sp³-hybridized carbons (Fsp3) is 0.750. The molecule has 0 saturated heterocycles. The summed E-state index contributed by atoms with van der Waals surface area (Å²) in [6.07, 6.45) is -1.13. The van der Waals surface area contributed by atoms with Crippen LogP contribution in [-0.2, 0) is 12.8 Å². The molecule has 1 N–H and O–H groups in total. The Morgan fingerprint density at radius 3 is 2.72 bits per heavy atom. The Morgan fingerprint density at radius 1 is 1.28 bits per heavy atom. The highest BCUT2D eigenvalue weighted by atomic mass is 19.4. The quantitative estimate of drug-likeness (QED) is 0.733. The topological polar surface area (TPSA) is 38.1 Å². The number of nitrogens with one attached hydrogen (secondary N) is 1. The highest BCUT2D eigenvalue weighted by Crippen LogP contribution is 2.22. The van der Waals surface area contributed by atoms with Crippen molar-refractivity contribution in [2.24, 2.45) is 0 Å². The van der Waals surface area contributed by atoms with Gasteiger partial charge < -0.3 is 9.73 Å². The fourth-order valence-corrected chi connectivity index (χ4v) is 1.51. The molecule has 0 saturated carbocycles. The van der Waals surface area contributed by atoms with Gasteiger partial charge in [-0.15, -0.1) is 0 Å². The summed E-state index contributed by atoms with van der Waals surface area (Å²) in [4.78, 5) is 3.97. The lowest BCUT2D eigenvalue weighted by Crippen LogP contribution is -2.16. The van der Waals surface area contributed by atoms with Gasteiger partial charge in [0.25, 0.3) is 0 Å². The van der Waals surface area contributed by atoms with E-state index in [0.29, 0.717) is 18.1 Å². The van der Waals surface area contributed by atoms with Crippen LogP contribution < -0.4 is 5.32 Å². The average molecular weight is 264 g/mol. The zero-order valence-corrected chi connectivity index (χ0v) is 10.5. The van der Waals surface area contributed by atoms with Gasteiger partial charge in [0.2, 0.25) is 0 Å². The van der Waals surface area contributed by atoms with E-state index in [1.807, 2.05) is 0 Å². The van der Waals surface area contributed by atoms with Gasteiger partial charge in [-0.25, -0.2) is 4.98 Å². The minimum absolute atomic E-state index is 0.134. The van der Waals surface area contributed by atoms with Crippen LogP contribution in [0.2, 0.25) is 0 Å². The third kappa shape index (κ3) is 6.64. The Balaban J connectivity index is 2.22. The molecule has 0 radical (unpaired) electrons. The summed E-state index contributed by atoms with van der Waals surface area (Å²) in [6, 6.07) is 0. The first kappa shape index (κ1) is 15.0. The molecule has 1 aromatic heterocycles. The van der Waals surface area contributed by atoms with Crippen molar-refractivity contribution in [1.82, 2.24) is 10.3 Å². The van der Waals surface area contributed by atoms with E-state index >= 15 is 0 Å². The smallest absolute Gasteiger partial charge is 0.389 e. The first-order chi connectivity index (χ1) is 8.51. The molecular weight excluding hydrogens is 245 g/mol. The normalized spacial score (nSPS) is 12.0. The van der Waals surface area contributed by atoms with Crippen molar-refractivity contribution in [3.05, 3.63) is 17.8 Å². The second-order valence-corrected chi connectivity index (χ2v) is 4.19. The Bertz CT molecular complexity index is 336. The van der Waals surface area contributed by atoms with Crippen molar-refractivity contribution in [3.63, 3.8) is 0 Å². The van der Waals surface area contributed by atoms with Crippen LogP contribution in [0.25, 0.3) is 0 Å². The maximum absolute atomic E-state index is 12.0. The number of nitrogens with zero attached hydrogens (tertiary/aromatic N) is 1. The second kappa shape index (κ2) is 7.41. The van der Waals surface area contributed by atoms with E-state index in [9.17, 15) is 13.2 Å². The summed E-state index contributed by atoms with van der Waals surface area (Å²) in [6.45, 7) is 3.94. The number of hydrogen-bond donors (Lipinski definition) is 1. The van der Waals surface area contributed by atoms with Gasteiger partial charge in [0, 0.05) is 12.8 Å². The van der Waals surface area contributed by atoms with E-state index < -0.39 is 12.6 Å². The van der Waals surface area contributed by atoms with Crippen LogP contribution in [0.4, 0.5) is 13.2 Å². The Kier molecular flexibility index (Phi) is 6.18. The van der Waals surface area contributed by atoms with Gasteiger partial charge in [0.05, 0.1) is 12.6 Å². The highest BCUT2D eigenvalue weighted by molar-refractivity contribution is 4.95. The van der Waals surface area contributed by atoms with E-state index in [1.54, 1.807) is 0 Å². The lowest BCUT2D eigenvalue weighted by Gasteiger charge is -2.03. The van der Waals surface area contributed by atoms with Crippen LogP contribution in [0.5, 0.6) is 0 Å². The molecule has 0 aromatic carbocycles. The van der Waals surface area contributed by atoms with Crippen LogP contribution >= 0.6 is 0 Å². The van der Waals surface area contributed by atoms with Gasteiger partial charge in [-0.1, -0.05) is 6.92 Å². The van der Waals surface area contributed by atoms with E-state index in [-0.39, 0.29) is 6.42 Å². The Morgan fingerprint density at radius 2 is 2.06 bits per heavy atom. The predicted octanol–water partition coefficient (Wildman–Crippen LogP) is 3.10. The van der Waals surface area contributed by atoms with Gasteiger partial charge in [-0.3, -0.25) is 0 Å². The molecule has 0 unspecified atom stereocenters. The zero-order chi connectivity index (χ0) is 13.4. The second-order valence-electron chi connectivity index (χ2n) is 4.19. The number of rotatable bonds is 8.